The van der Waals surface area contributed by atoms with Gasteiger partial charge in [-0.15, -0.1) is 0 Å². The summed E-state index contributed by atoms with van der Waals surface area (Å²) in [5.41, 5.74) is 13.2. The third-order valence-corrected chi connectivity index (χ3v) is 32.3. The van der Waals surface area contributed by atoms with Crippen molar-refractivity contribution in [1.29, 1.82) is 0 Å². The number of carbonyl (C=O) groups is 3. The molecule has 41 heteroatoms. The van der Waals surface area contributed by atoms with Crippen LogP contribution in [0.2, 0.25) is 40.2 Å². The molecule has 12 aromatic rings. The molecule has 32 nitrogen and oxygen atoms in total. The maximum Gasteiger partial charge on any atom is 0.317 e. The van der Waals surface area contributed by atoms with Gasteiger partial charge in [-0.1, -0.05) is 117 Å². The number of fused-ring (bicyclic) bond motifs is 4. The second-order valence-corrected chi connectivity index (χ2v) is 44.1. The van der Waals surface area contributed by atoms with Crippen LogP contribution in [0.1, 0.15) is 162 Å². The van der Waals surface area contributed by atoms with Gasteiger partial charge in [0.15, 0.2) is 22.6 Å². The number of nitrogens with two attached hydrogens (primary N) is 1. The molecule has 8 aromatic heterocycles. The number of likely N-dealkylation sites (tertiary alicyclic amines) is 4. The molecule has 20 rings (SSSR count). The Labute approximate surface area is 849 Å². The molecule has 0 spiro atoms. The number of hydrogen-bond acceptors (Lipinski definition) is 25. The van der Waals surface area contributed by atoms with Gasteiger partial charge >= 0.3 is 11.9 Å². The van der Waals surface area contributed by atoms with Crippen molar-refractivity contribution in [2.75, 3.05) is 156 Å². The van der Waals surface area contributed by atoms with Crippen LogP contribution in [0.3, 0.4) is 0 Å². The predicted molar refractivity (Wildman–Crippen MR) is 549 cm³/mol. The van der Waals surface area contributed by atoms with Gasteiger partial charge in [0, 0.05) is 132 Å². The monoisotopic (exact) mass is 2070 g/mol. The van der Waals surface area contributed by atoms with E-state index in [0.29, 0.717) is 107 Å². The van der Waals surface area contributed by atoms with Gasteiger partial charge in [0.05, 0.1) is 97.0 Å². The molecule has 0 bridgehead atoms. The van der Waals surface area contributed by atoms with Crippen LogP contribution >= 0.6 is 92.8 Å². The second-order valence-electron chi connectivity index (χ2n) is 39.0. The Morgan fingerprint density at radius 1 is 0.374 bits per heavy atom. The van der Waals surface area contributed by atoms with Crippen molar-refractivity contribution in [3.05, 3.63) is 183 Å². The molecule has 740 valence electrons. The lowest BCUT2D eigenvalue weighted by Gasteiger charge is -2.47. The molecule has 0 radical (unpaired) electrons. The Hall–Kier alpha value is -9.04. The highest BCUT2D eigenvalue weighted by atomic mass is 35.5. The van der Waals surface area contributed by atoms with Crippen molar-refractivity contribution in [3.8, 4) is 0 Å². The van der Waals surface area contributed by atoms with Crippen LogP contribution in [0, 0.1) is 75.0 Å². The third kappa shape index (κ3) is 23.4. The average molecular weight is 2070 g/mol. The average Bonchev–Trinajstić information content (AvgIpc) is 1.66. The van der Waals surface area contributed by atoms with E-state index in [9.17, 15) is 22.8 Å². The summed E-state index contributed by atoms with van der Waals surface area (Å²) in [4.78, 5) is 90.2. The van der Waals surface area contributed by atoms with Crippen LogP contribution in [0.4, 0.5) is 23.3 Å². The Kier molecular flexibility index (Phi) is 31.9. The molecule has 8 unspecified atom stereocenters. The number of aliphatic carboxylic acids is 2. The summed E-state index contributed by atoms with van der Waals surface area (Å²) in [6.07, 6.45) is 16.8. The summed E-state index contributed by atoms with van der Waals surface area (Å²) in [5.74, 6) is 6.87. The number of carboxylic acids is 2. The van der Waals surface area contributed by atoms with E-state index in [0.717, 1.165) is 243 Å². The Bertz CT molecular complexity index is 6440. The van der Waals surface area contributed by atoms with Crippen molar-refractivity contribution in [2.24, 2.45) is 52.5 Å². The fourth-order valence-electron chi connectivity index (χ4n) is 21.3. The highest BCUT2D eigenvalue weighted by Gasteiger charge is 2.43. The topological polar surface area (TPSA) is 352 Å². The van der Waals surface area contributed by atoms with Gasteiger partial charge in [-0.3, -0.25) is 24.2 Å². The van der Waals surface area contributed by atoms with Gasteiger partial charge in [-0.05, 0) is 258 Å². The number of aryl methyl sites for hydroxylation is 4. The van der Waals surface area contributed by atoms with Crippen molar-refractivity contribution in [2.45, 2.75) is 144 Å². The first-order valence-electron chi connectivity index (χ1n) is 48.0. The summed E-state index contributed by atoms with van der Waals surface area (Å²) >= 11 is 50.3. The standard InChI is InChI=1S/C25H30Cl2N6O2.C25H30Cl2N6O.C24H31Cl2N7O2S.C24H28Cl2N6O2/c1-15-24-25(33(30-15)16(2)20-6-5-19(26)10-21(20)27)29-22(11-28-24)32-13-18(14-32)17-4-3-8-31(12-17)9-7-23(34)35;1-15(34)11-31-8-4-5-18(12-31)19-13-32(14-19)23-10-28-24-16(2)30-33(25(24)29-23)17(3)21-7-6-20(26)9-22(21)27;1-15-23-24(33(30-15)16(2)20-6-5-19(25)10-21(20)26)29-22(11-28-23)32-13-18(14-32)17-4-3-7-31(12-17)8-9-36(27,34)35;1-14-23-24(32(29-14)15(2)19-6-5-18(25)8-20(19)26)28-21(9-27-23)31-11-17(12-31)16-4-3-7-30(10-16)13-22(33)34/h5-6,10-11,16-18H,3-4,7-9,12-14H2,1-2H3,(H,34,35);6-7,9-10,17-19H,4-5,8,11-14H2,1-3H3;5-6,10-11,16-18H,3-4,7-9,12-14H2,1-2H3,(H2,27,34,35);5-6,8-9,15-17H,3-4,7,10-13H2,1-2H3,(H,33,34). The first kappa shape index (κ1) is 101. The second kappa shape index (κ2) is 43.6. The molecule has 8 fully saturated rings. The molecule has 8 aliphatic heterocycles. The molecule has 139 heavy (non-hydrogen) atoms. The number of piperidine rings is 4. The number of sulfonamides is 1. The quantitative estimate of drug-likeness (QED) is 0.0453. The largest absolute Gasteiger partial charge is 0.481 e. The van der Waals surface area contributed by atoms with E-state index in [1.54, 1.807) is 31.2 Å². The number of Topliss-reactive ketones (excluding diaryl/α,β-unsaturated/α-hetero) is 1. The zero-order valence-corrected chi connectivity index (χ0v) is 86.4. The molecule has 8 aliphatic rings. The van der Waals surface area contributed by atoms with Crippen LogP contribution in [-0.4, -0.2) is 272 Å². The Morgan fingerprint density at radius 2 is 0.633 bits per heavy atom. The van der Waals surface area contributed by atoms with Crippen molar-refractivity contribution < 1.29 is 33.0 Å². The maximum absolute atomic E-state index is 11.5. The van der Waals surface area contributed by atoms with Crippen LogP contribution in [-0.2, 0) is 24.4 Å². The van der Waals surface area contributed by atoms with Gasteiger partial charge in [-0.2, -0.15) is 20.4 Å². The van der Waals surface area contributed by atoms with E-state index < -0.39 is 22.0 Å². The molecular weight excluding hydrogens is 1950 g/mol. The summed E-state index contributed by atoms with van der Waals surface area (Å²) in [5, 5.41) is 47.0. The minimum atomic E-state index is -3.43. The summed E-state index contributed by atoms with van der Waals surface area (Å²) < 4.78 is 30.3. The first-order chi connectivity index (χ1) is 66.5. The van der Waals surface area contributed by atoms with Crippen molar-refractivity contribution in [1.82, 2.24) is 98.6 Å². The highest BCUT2D eigenvalue weighted by molar-refractivity contribution is 7.89. The van der Waals surface area contributed by atoms with Crippen molar-refractivity contribution >= 4 is 188 Å². The van der Waals surface area contributed by atoms with E-state index in [-0.39, 0.29) is 48.7 Å². The van der Waals surface area contributed by atoms with E-state index in [1.165, 1.54) is 25.7 Å². The molecular formula is C98H119Cl8N25O7S. The van der Waals surface area contributed by atoms with Gasteiger partial charge in [-0.25, -0.2) is 72.2 Å². The van der Waals surface area contributed by atoms with Crippen LogP contribution in [0.5, 0.6) is 0 Å². The molecule has 4 N–H and O–H groups in total. The number of aromatic nitrogens is 16. The zero-order valence-electron chi connectivity index (χ0n) is 79.6. The normalized spacial score (nSPS) is 20.4. The number of primary sulfonamides is 1. The molecule has 8 saturated heterocycles. The van der Waals surface area contributed by atoms with Gasteiger partial charge in [0.2, 0.25) is 10.0 Å². The van der Waals surface area contributed by atoms with E-state index in [2.05, 4.69) is 51.1 Å². The Balaban J connectivity index is 0.000000128. The van der Waals surface area contributed by atoms with Crippen LogP contribution < -0.4 is 24.7 Å². The molecule has 0 saturated carbocycles. The summed E-state index contributed by atoms with van der Waals surface area (Å²) in [7, 11) is -3.43. The van der Waals surface area contributed by atoms with E-state index >= 15 is 0 Å². The Morgan fingerprint density at radius 3 is 0.885 bits per heavy atom. The van der Waals surface area contributed by atoms with E-state index in [4.69, 9.17) is 163 Å². The van der Waals surface area contributed by atoms with E-state index in [1.807, 2.05) is 141 Å². The van der Waals surface area contributed by atoms with Crippen LogP contribution in [0.25, 0.3) is 44.7 Å². The first-order valence-corrected chi connectivity index (χ1v) is 52.7. The summed E-state index contributed by atoms with van der Waals surface area (Å²) in [6.45, 7) is 34.7. The van der Waals surface area contributed by atoms with Crippen LogP contribution in [0.15, 0.2) is 97.6 Å². The number of benzene rings is 4. The maximum atomic E-state index is 11.5. The molecule has 0 amide bonds. The lowest BCUT2D eigenvalue weighted by atomic mass is 9.80. The predicted octanol–water partition coefficient (Wildman–Crippen LogP) is 17.2. The van der Waals surface area contributed by atoms with Gasteiger partial charge in [0.25, 0.3) is 0 Å². The minimum Gasteiger partial charge on any atom is -0.481 e. The summed E-state index contributed by atoms with van der Waals surface area (Å²) in [6, 6.07) is 21.6. The van der Waals surface area contributed by atoms with Crippen molar-refractivity contribution in [3.63, 3.8) is 0 Å². The van der Waals surface area contributed by atoms with Gasteiger partial charge in [0.1, 0.15) is 51.1 Å². The smallest absolute Gasteiger partial charge is 0.317 e. The molecule has 0 aliphatic carbocycles. The number of hydrogen-bond donors (Lipinski definition) is 3. The minimum absolute atomic E-state index is 0.0128. The molecule has 16 heterocycles. The third-order valence-electron chi connectivity index (χ3n) is 29.3. The number of halogens is 8. The SMILES string of the molecule is CC(=O)CN1CCCC(C2CN(c3cnc4c(C)nn(C(C)c5ccc(Cl)cc5Cl)c4n3)C2)C1.Cc1nn(C(C)c2ccc(Cl)cc2Cl)c2nc(N3CC(C4CCCN(CC(=O)O)C4)C3)cnc12.Cc1nn(C(C)c2ccc(Cl)cc2Cl)c2nc(N3CC(C4CCCN(CCC(=O)O)C4)C3)cnc12.Cc1nn(C(C)c2ccc(Cl)cc2Cl)c2nc(N3CC(C4CCCN(CCS(N)(=O)=O)C4)C3)cnc12. The number of ketones is 1. The number of anilines is 4. The number of carbonyl (C=O) groups excluding carboxylic acids is 1. The fourth-order valence-corrected chi connectivity index (χ4v) is 24.1. The zero-order chi connectivity index (χ0) is 98.3. The fraction of sp³-hybridized carbons (Fsp3) is 0.520. The molecule has 4 aromatic carbocycles. The highest BCUT2D eigenvalue weighted by Crippen LogP contribution is 2.43. The lowest BCUT2D eigenvalue weighted by Crippen LogP contribution is -2.54. The lowest BCUT2D eigenvalue weighted by molar-refractivity contribution is -0.139. The number of carboxylic acid groups (broad SMARTS) is 2. The van der Waals surface area contributed by atoms with Gasteiger partial charge < -0.3 is 39.6 Å². The number of rotatable bonds is 26. The number of nitrogens with zero attached hydrogens (tertiary/aromatic N) is 24. The molecule has 8 atom stereocenters.